The van der Waals surface area contributed by atoms with Gasteiger partial charge in [-0.05, 0) is 56.2 Å². The zero-order valence-electron chi connectivity index (χ0n) is 23.3. The first-order chi connectivity index (χ1) is 18.8. The van der Waals surface area contributed by atoms with Crippen LogP contribution in [0.5, 0.6) is 0 Å². The summed E-state index contributed by atoms with van der Waals surface area (Å²) in [6.07, 6.45) is 7.05. The number of nitrogens with zero attached hydrogens (tertiary/aromatic N) is 4. The van der Waals surface area contributed by atoms with Crippen molar-refractivity contribution < 1.29 is 14.3 Å². The van der Waals surface area contributed by atoms with Crippen LogP contribution in [0.25, 0.3) is 0 Å². The summed E-state index contributed by atoms with van der Waals surface area (Å²) in [6, 6.07) is 3.62. The third-order valence-electron chi connectivity index (χ3n) is 7.75. The summed E-state index contributed by atoms with van der Waals surface area (Å²) in [5.74, 6) is -0.441. The van der Waals surface area contributed by atoms with Crippen molar-refractivity contribution in [1.82, 2.24) is 23.9 Å². The van der Waals surface area contributed by atoms with E-state index in [0.29, 0.717) is 44.7 Å². The van der Waals surface area contributed by atoms with Crippen molar-refractivity contribution in [3.05, 3.63) is 66.8 Å². The third kappa shape index (κ3) is 6.95. The highest BCUT2D eigenvalue weighted by Gasteiger charge is 2.40. The van der Waals surface area contributed by atoms with E-state index in [2.05, 4.69) is 5.32 Å². The first-order valence-corrected chi connectivity index (χ1v) is 13.8. The fourth-order valence-electron chi connectivity index (χ4n) is 5.41. The van der Waals surface area contributed by atoms with E-state index in [0.717, 1.165) is 31.4 Å². The lowest BCUT2D eigenvalue weighted by atomic mass is 9.80. The monoisotopic (exact) mass is 543 g/mol. The average molecular weight is 544 g/mol. The van der Waals surface area contributed by atoms with E-state index < -0.39 is 0 Å². The zero-order chi connectivity index (χ0) is 27.9. The van der Waals surface area contributed by atoms with Crippen LogP contribution >= 0.6 is 0 Å². The summed E-state index contributed by atoms with van der Waals surface area (Å²) in [5, 5.41) is 3.35. The quantitative estimate of drug-likeness (QED) is 0.369. The van der Waals surface area contributed by atoms with Gasteiger partial charge in [0.05, 0.1) is 18.0 Å². The summed E-state index contributed by atoms with van der Waals surface area (Å²) in [6.45, 7) is 3.03. The van der Waals surface area contributed by atoms with Crippen LogP contribution in [0.1, 0.15) is 49.1 Å². The first-order valence-electron chi connectivity index (χ1n) is 13.8. The minimum atomic E-state index is -0.359. The second kappa shape index (κ2) is 13.4. The van der Waals surface area contributed by atoms with Gasteiger partial charge >= 0.3 is 5.69 Å². The summed E-state index contributed by atoms with van der Waals surface area (Å²) in [7, 11) is 4.91. The Hall–Kier alpha value is -3.02. The van der Waals surface area contributed by atoms with Crippen LogP contribution in [0.4, 0.5) is 0 Å². The molecule has 11 heteroatoms. The molecule has 2 aromatic heterocycles. The number of aryl methyl sites for hydroxylation is 2. The fourth-order valence-corrected chi connectivity index (χ4v) is 5.41. The molecule has 1 saturated carbocycles. The first kappa shape index (κ1) is 29.0. The number of amides is 1. The molecule has 214 valence electrons. The van der Waals surface area contributed by atoms with Crippen LogP contribution in [-0.2, 0) is 41.0 Å². The Balaban J connectivity index is 1.64. The van der Waals surface area contributed by atoms with E-state index in [-0.39, 0.29) is 53.7 Å². The van der Waals surface area contributed by atoms with Crippen molar-refractivity contribution in [3.63, 3.8) is 0 Å². The van der Waals surface area contributed by atoms with Crippen LogP contribution < -0.4 is 22.1 Å². The van der Waals surface area contributed by atoms with E-state index in [1.807, 2.05) is 11.0 Å². The summed E-state index contributed by atoms with van der Waals surface area (Å²) < 4.78 is 14.6. The molecular formula is C28H41N5O6. The van der Waals surface area contributed by atoms with Crippen molar-refractivity contribution >= 4 is 5.91 Å². The topological polar surface area (TPSA) is 117 Å². The lowest BCUT2D eigenvalue weighted by molar-refractivity contribution is -0.138. The van der Waals surface area contributed by atoms with Crippen LogP contribution in [0.2, 0.25) is 0 Å². The number of hydrogen-bond donors (Lipinski definition) is 1. The predicted molar refractivity (Wildman–Crippen MR) is 147 cm³/mol. The number of piperidine rings is 1. The van der Waals surface area contributed by atoms with Crippen LogP contribution in [0.3, 0.4) is 0 Å². The molecule has 1 saturated heterocycles. The van der Waals surface area contributed by atoms with Crippen molar-refractivity contribution in [3.8, 4) is 0 Å². The SMILES string of the molecule is COCCCn1cc(CN(C(=O)C2CNCCC2c2ccn(C)c(=O)c2)C2CC2)c(=O)n(CCCOC)c1=O. The van der Waals surface area contributed by atoms with E-state index in [9.17, 15) is 19.2 Å². The van der Waals surface area contributed by atoms with E-state index in [1.165, 1.54) is 9.13 Å². The van der Waals surface area contributed by atoms with Gasteiger partial charge in [0, 0.05) is 78.6 Å². The third-order valence-corrected chi connectivity index (χ3v) is 7.75. The lowest BCUT2D eigenvalue weighted by Crippen LogP contribution is -2.48. The van der Waals surface area contributed by atoms with Crippen LogP contribution in [0, 0.1) is 5.92 Å². The van der Waals surface area contributed by atoms with Gasteiger partial charge in [-0.1, -0.05) is 0 Å². The maximum absolute atomic E-state index is 14.1. The number of rotatable bonds is 13. The number of nitrogens with one attached hydrogen (secondary N) is 1. The molecule has 2 atom stereocenters. The standard InChI is InChI=1S/C28H41N5O6/c1-30-13-9-20(16-25(30)34)23-8-10-29-17-24(23)27(36)33(22-6-7-22)19-21-18-31(11-4-14-38-2)28(37)32(26(21)35)12-5-15-39-3/h9,13,16,18,22-24,29H,4-8,10-12,14-15,17,19H2,1-3H3. The molecule has 0 radical (unpaired) electrons. The molecule has 2 aliphatic rings. The van der Waals surface area contributed by atoms with Crippen LogP contribution in [-0.4, -0.2) is 71.1 Å². The molecule has 39 heavy (non-hydrogen) atoms. The van der Waals surface area contributed by atoms with Gasteiger partial charge in [0.25, 0.3) is 11.1 Å². The fraction of sp³-hybridized carbons (Fsp3) is 0.643. The van der Waals surface area contributed by atoms with Crippen LogP contribution in [0.15, 0.2) is 38.9 Å². The molecule has 0 spiro atoms. The Morgan fingerprint density at radius 3 is 2.46 bits per heavy atom. The molecule has 0 bridgehead atoms. The van der Waals surface area contributed by atoms with Crippen molar-refractivity contribution in [2.75, 3.05) is 40.5 Å². The number of aromatic nitrogens is 3. The second-order valence-electron chi connectivity index (χ2n) is 10.6. The number of hydrogen-bond acceptors (Lipinski definition) is 7. The molecule has 4 rings (SSSR count). The molecule has 1 N–H and O–H groups in total. The molecule has 1 aliphatic heterocycles. The Labute approximate surface area is 228 Å². The zero-order valence-corrected chi connectivity index (χ0v) is 23.3. The Morgan fingerprint density at radius 1 is 1.08 bits per heavy atom. The molecule has 2 aromatic rings. The molecule has 11 nitrogen and oxygen atoms in total. The molecule has 0 aromatic carbocycles. The second-order valence-corrected chi connectivity index (χ2v) is 10.6. The van der Waals surface area contributed by atoms with E-state index in [4.69, 9.17) is 9.47 Å². The summed E-state index contributed by atoms with van der Waals surface area (Å²) >= 11 is 0. The minimum absolute atomic E-state index is 0.0159. The number of carbonyl (C=O) groups excluding carboxylic acids is 1. The van der Waals surface area contributed by atoms with Gasteiger partial charge in [0.1, 0.15) is 0 Å². The Kier molecular flexibility index (Phi) is 9.93. The Morgan fingerprint density at radius 2 is 1.79 bits per heavy atom. The van der Waals surface area contributed by atoms with E-state index >= 15 is 0 Å². The lowest BCUT2D eigenvalue weighted by Gasteiger charge is -2.35. The van der Waals surface area contributed by atoms with Gasteiger partial charge in [-0.3, -0.25) is 23.5 Å². The van der Waals surface area contributed by atoms with Gasteiger partial charge < -0.3 is 24.3 Å². The Bertz CT molecular complexity index is 1310. The molecule has 3 heterocycles. The molecule has 1 aliphatic carbocycles. The minimum Gasteiger partial charge on any atom is -0.385 e. The van der Waals surface area contributed by atoms with Gasteiger partial charge in [-0.25, -0.2) is 4.79 Å². The maximum Gasteiger partial charge on any atom is 0.330 e. The summed E-state index contributed by atoms with van der Waals surface area (Å²) in [4.78, 5) is 54.9. The number of carbonyl (C=O) groups is 1. The summed E-state index contributed by atoms with van der Waals surface area (Å²) in [5.41, 5.74) is 0.491. The number of ether oxygens (including phenoxy) is 2. The van der Waals surface area contributed by atoms with Crippen molar-refractivity contribution in [1.29, 1.82) is 0 Å². The number of methoxy groups -OCH3 is 2. The molecule has 1 amide bonds. The van der Waals surface area contributed by atoms with Crippen molar-refractivity contribution in [2.45, 2.75) is 63.7 Å². The highest BCUT2D eigenvalue weighted by atomic mass is 16.5. The highest BCUT2D eigenvalue weighted by Crippen LogP contribution is 2.35. The highest BCUT2D eigenvalue weighted by molar-refractivity contribution is 5.81. The average Bonchev–Trinajstić information content (AvgIpc) is 3.78. The van der Waals surface area contributed by atoms with E-state index in [1.54, 1.807) is 44.3 Å². The van der Waals surface area contributed by atoms with Gasteiger partial charge in [-0.2, -0.15) is 0 Å². The van der Waals surface area contributed by atoms with Crippen molar-refractivity contribution in [2.24, 2.45) is 13.0 Å². The van der Waals surface area contributed by atoms with Gasteiger partial charge in [0.15, 0.2) is 0 Å². The van der Waals surface area contributed by atoms with Gasteiger partial charge in [0.2, 0.25) is 5.91 Å². The molecule has 2 fully saturated rings. The predicted octanol–water partition coefficient (Wildman–Crippen LogP) is 0.666. The largest absolute Gasteiger partial charge is 0.385 e. The molecule has 2 unspecified atom stereocenters. The molecular weight excluding hydrogens is 502 g/mol. The van der Waals surface area contributed by atoms with Gasteiger partial charge in [-0.15, -0.1) is 0 Å². The number of pyridine rings is 1. The maximum atomic E-state index is 14.1. The normalized spacial score (nSPS) is 19.3. The smallest absolute Gasteiger partial charge is 0.330 e.